The Morgan fingerprint density at radius 1 is 1.08 bits per heavy atom. The Labute approximate surface area is 216 Å². The number of nitrogens with two attached hydrogens (primary N) is 1. The second-order valence-electron chi connectivity index (χ2n) is 10.00. The van der Waals surface area contributed by atoms with Gasteiger partial charge in [0.1, 0.15) is 11.8 Å². The van der Waals surface area contributed by atoms with Gasteiger partial charge in [0, 0.05) is 5.56 Å². The molecule has 1 aliphatic carbocycles. The van der Waals surface area contributed by atoms with Crippen molar-refractivity contribution < 1.29 is 9.53 Å². The number of benzene rings is 2. The van der Waals surface area contributed by atoms with Crippen molar-refractivity contribution in [2.24, 2.45) is 11.7 Å². The number of hydrogen-bond donors (Lipinski definition) is 2. The van der Waals surface area contributed by atoms with Gasteiger partial charge in [-0.3, -0.25) is 9.89 Å². The monoisotopic (exact) mass is 496 g/mol. The molecule has 0 spiro atoms. The maximum absolute atomic E-state index is 13.8. The third-order valence-electron chi connectivity index (χ3n) is 7.09. The normalized spacial score (nSPS) is 16.3. The summed E-state index contributed by atoms with van der Waals surface area (Å²) in [5.74, 6) is 0.163. The Hall–Kier alpha value is -3.97. The fourth-order valence-corrected chi connectivity index (χ4v) is 4.94. The Kier molecular flexibility index (Phi) is 6.80. The molecule has 4 aromatic rings. The van der Waals surface area contributed by atoms with E-state index in [0.717, 1.165) is 36.1 Å². The van der Waals surface area contributed by atoms with Gasteiger partial charge in [0.25, 0.3) is 5.56 Å². The molecule has 0 bridgehead atoms. The van der Waals surface area contributed by atoms with E-state index in [1.165, 1.54) is 0 Å². The summed E-state index contributed by atoms with van der Waals surface area (Å²) in [5, 5.41) is 3.38. The number of fused-ring (bicyclic) bond motifs is 1. The van der Waals surface area contributed by atoms with Gasteiger partial charge in [0.2, 0.25) is 0 Å². The number of aryl methyl sites for hydroxylation is 1. The van der Waals surface area contributed by atoms with Gasteiger partial charge < -0.3 is 10.5 Å². The van der Waals surface area contributed by atoms with Crippen LogP contribution in [0.4, 0.5) is 0 Å². The van der Waals surface area contributed by atoms with Crippen LogP contribution in [0.2, 0.25) is 0 Å². The molecule has 37 heavy (non-hydrogen) atoms. The average Bonchev–Trinajstić information content (AvgIpc) is 3.29. The molecule has 2 aromatic carbocycles. The van der Waals surface area contributed by atoms with Crippen LogP contribution in [0.5, 0.6) is 5.75 Å². The van der Waals surface area contributed by atoms with Crippen LogP contribution in [0.25, 0.3) is 28.0 Å². The van der Waals surface area contributed by atoms with Gasteiger partial charge in [-0.2, -0.15) is 0 Å². The van der Waals surface area contributed by atoms with E-state index in [4.69, 9.17) is 15.5 Å². The van der Waals surface area contributed by atoms with Gasteiger partial charge in [-0.05, 0) is 61.3 Å². The highest BCUT2D eigenvalue weighted by atomic mass is 16.5. The van der Waals surface area contributed by atoms with Gasteiger partial charge in [-0.1, -0.05) is 68.5 Å². The number of nitrogens with zero attached hydrogens (tertiary/aromatic N) is 2. The minimum Gasteiger partial charge on any atom is -0.425 e. The summed E-state index contributed by atoms with van der Waals surface area (Å²) in [5.41, 5.74) is 11.3. The smallest absolute Gasteiger partial charge is 0.328 e. The zero-order valence-electron chi connectivity index (χ0n) is 21.4. The van der Waals surface area contributed by atoms with E-state index in [1.54, 1.807) is 28.8 Å². The second kappa shape index (κ2) is 10.2. The van der Waals surface area contributed by atoms with Crippen molar-refractivity contribution in [1.29, 1.82) is 0 Å². The van der Waals surface area contributed by atoms with Crippen molar-refractivity contribution in [3.8, 4) is 28.1 Å². The molecule has 2 heterocycles. The largest absolute Gasteiger partial charge is 0.425 e. The molecule has 0 saturated carbocycles. The quantitative estimate of drug-likeness (QED) is 0.212. The minimum absolute atomic E-state index is 0.0247. The average molecular weight is 497 g/mol. The van der Waals surface area contributed by atoms with Crippen molar-refractivity contribution >= 4 is 11.6 Å². The number of nitrogens with one attached hydrogen (secondary N) is 1. The zero-order valence-corrected chi connectivity index (χ0v) is 21.4. The first-order valence-electron chi connectivity index (χ1n) is 12.8. The van der Waals surface area contributed by atoms with Gasteiger partial charge in [0.15, 0.2) is 5.65 Å². The number of aromatic amines is 1. The van der Waals surface area contributed by atoms with Crippen LogP contribution < -0.4 is 16.0 Å². The van der Waals surface area contributed by atoms with Gasteiger partial charge in [-0.15, -0.1) is 0 Å². The van der Waals surface area contributed by atoms with Crippen LogP contribution in [-0.4, -0.2) is 26.6 Å². The lowest BCUT2D eigenvalue weighted by Crippen LogP contribution is -2.38. The van der Waals surface area contributed by atoms with Crippen LogP contribution >= 0.6 is 0 Å². The molecule has 0 amide bonds. The molecule has 2 aromatic heterocycles. The van der Waals surface area contributed by atoms with E-state index in [-0.39, 0.29) is 17.4 Å². The summed E-state index contributed by atoms with van der Waals surface area (Å²) >= 11 is 0. The summed E-state index contributed by atoms with van der Waals surface area (Å²) in [6.07, 6.45) is 7.38. The number of aromatic nitrogens is 3. The van der Waals surface area contributed by atoms with Gasteiger partial charge >= 0.3 is 5.97 Å². The molecular formula is C30H32N4O3. The first-order valence-corrected chi connectivity index (χ1v) is 12.8. The minimum atomic E-state index is -0.696. The maximum Gasteiger partial charge on any atom is 0.328 e. The summed E-state index contributed by atoms with van der Waals surface area (Å²) in [6.45, 7) is 5.61. The highest BCUT2D eigenvalue weighted by Crippen LogP contribution is 2.38. The van der Waals surface area contributed by atoms with E-state index in [2.05, 4.69) is 29.4 Å². The standard InChI is InChI=1S/C30H32N4O3/c1-18(2)26(31)30(36)37-23-16-14-21(15-17-23)24-19(3)32-28-25(20-10-6-4-7-11-20)27(33-34(28)29(24)35)22-12-8-5-9-13-22/h4-6,8-9,12-18,20,26,33H,7,10-11,31H2,1-3H3. The van der Waals surface area contributed by atoms with Crippen molar-refractivity contribution in [3.05, 3.63) is 88.4 Å². The molecule has 190 valence electrons. The number of carbonyl (C=O) groups is 1. The number of ether oxygens (including phenoxy) is 1. The third kappa shape index (κ3) is 4.74. The highest BCUT2D eigenvalue weighted by molar-refractivity contribution is 5.79. The van der Waals surface area contributed by atoms with Crippen molar-refractivity contribution in [3.63, 3.8) is 0 Å². The zero-order chi connectivity index (χ0) is 26.1. The molecule has 5 rings (SSSR count). The molecule has 3 N–H and O–H groups in total. The molecule has 2 atom stereocenters. The van der Waals surface area contributed by atoms with Crippen LogP contribution in [0.15, 0.2) is 71.5 Å². The molecule has 7 heteroatoms. The Balaban J connectivity index is 1.58. The molecular weight excluding hydrogens is 464 g/mol. The Morgan fingerprint density at radius 3 is 2.46 bits per heavy atom. The van der Waals surface area contributed by atoms with E-state index in [0.29, 0.717) is 28.2 Å². The van der Waals surface area contributed by atoms with Crippen LogP contribution in [0.1, 0.15) is 50.3 Å². The van der Waals surface area contributed by atoms with Crippen molar-refractivity contribution in [2.75, 3.05) is 0 Å². The lowest BCUT2D eigenvalue weighted by molar-refractivity contribution is -0.136. The number of rotatable bonds is 6. The van der Waals surface area contributed by atoms with Crippen LogP contribution in [0.3, 0.4) is 0 Å². The van der Waals surface area contributed by atoms with Gasteiger partial charge in [0.05, 0.1) is 17.0 Å². The summed E-state index contributed by atoms with van der Waals surface area (Å²) in [7, 11) is 0. The lowest BCUT2D eigenvalue weighted by Gasteiger charge is -2.18. The Morgan fingerprint density at radius 2 is 1.81 bits per heavy atom. The number of allylic oxidation sites excluding steroid dienone is 2. The van der Waals surface area contributed by atoms with Crippen LogP contribution in [-0.2, 0) is 4.79 Å². The number of carbonyl (C=O) groups excluding carboxylic acids is 1. The summed E-state index contributed by atoms with van der Waals surface area (Å²) in [6, 6.07) is 16.3. The molecule has 1 aliphatic rings. The molecule has 2 unspecified atom stereocenters. The number of H-pyrrole nitrogens is 1. The van der Waals surface area contributed by atoms with E-state index in [9.17, 15) is 9.59 Å². The number of hydrogen-bond acceptors (Lipinski definition) is 5. The Bertz CT molecular complexity index is 1510. The molecule has 0 fully saturated rings. The first kappa shape index (κ1) is 24.7. The maximum atomic E-state index is 13.8. The van der Waals surface area contributed by atoms with Gasteiger partial charge in [-0.25, -0.2) is 14.3 Å². The third-order valence-corrected chi connectivity index (χ3v) is 7.09. The first-order chi connectivity index (χ1) is 17.8. The fraction of sp³-hybridized carbons (Fsp3) is 0.300. The van der Waals surface area contributed by atoms with Crippen molar-refractivity contribution in [2.45, 2.75) is 52.0 Å². The predicted molar refractivity (Wildman–Crippen MR) is 146 cm³/mol. The lowest BCUT2D eigenvalue weighted by atomic mass is 9.86. The topological polar surface area (TPSA) is 102 Å². The predicted octanol–water partition coefficient (Wildman–Crippen LogP) is 5.38. The van der Waals surface area contributed by atoms with Crippen LogP contribution in [0, 0.1) is 12.8 Å². The molecule has 0 aliphatic heterocycles. The fourth-order valence-electron chi connectivity index (χ4n) is 4.94. The van der Waals surface area contributed by atoms with E-state index >= 15 is 0 Å². The molecule has 7 nitrogen and oxygen atoms in total. The van der Waals surface area contributed by atoms with E-state index < -0.39 is 12.0 Å². The summed E-state index contributed by atoms with van der Waals surface area (Å²) in [4.78, 5) is 31.0. The van der Waals surface area contributed by atoms with E-state index in [1.807, 2.05) is 39.0 Å². The summed E-state index contributed by atoms with van der Waals surface area (Å²) < 4.78 is 7.00. The molecule has 0 saturated heterocycles. The SMILES string of the molecule is Cc1nc2c(C3CC=CCC3)c(-c3ccccc3)[nH]n2c(=O)c1-c1ccc(OC(=O)C(N)C(C)C)cc1. The van der Waals surface area contributed by atoms with Crippen molar-refractivity contribution in [1.82, 2.24) is 14.6 Å². The molecule has 0 radical (unpaired) electrons. The highest BCUT2D eigenvalue weighted by Gasteiger charge is 2.26. The number of esters is 1. The second-order valence-corrected chi connectivity index (χ2v) is 10.00.